The van der Waals surface area contributed by atoms with Crippen LogP contribution in [-0.4, -0.2) is 39.3 Å². The fourth-order valence-corrected chi connectivity index (χ4v) is 1.87. The Balaban J connectivity index is 2.52. The van der Waals surface area contributed by atoms with Crippen molar-refractivity contribution in [3.63, 3.8) is 0 Å². The number of hydrogen-bond donors (Lipinski definition) is 2. The molecule has 1 unspecified atom stereocenters. The molecule has 0 aromatic carbocycles. The van der Waals surface area contributed by atoms with Gasteiger partial charge in [0, 0.05) is 29.4 Å². The summed E-state index contributed by atoms with van der Waals surface area (Å²) in [7, 11) is -0.766. The topological polar surface area (TPSA) is 90.1 Å². The fraction of sp³-hybridized carbons (Fsp3) is 0.636. The third kappa shape index (κ3) is 4.87. The standard InChI is InChI=1S/C11H20N4O2S/c1-3-6-17-11-9(12)10(14-8-15-11)13-5-4-7-18(2)16/h8H,3-7,12H2,1-2H3,(H,13,14,15). The highest BCUT2D eigenvalue weighted by atomic mass is 32.2. The van der Waals surface area contributed by atoms with Crippen molar-refractivity contribution in [1.82, 2.24) is 9.97 Å². The Labute approximate surface area is 110 Å². The van der Waals surface area contributed by atoms with Gasteiger partial charge in [-0.1, -0.05) is 6.92 Å². The van der Waals surface area contributed by atoms with Crippen molar-refractivity contribution in [2.75, 3.05) is 36.2 Å². The first kappa shape index (κ1) is 14.7. The maximum absolute atomic E-state index is 10.9. The lowest BCUT2D eigenvalue weighted by Crippen LogP contribution is -2.11. The van der Waals surface area contributed by atoms with Crippen molar-refractivity contribution < 1.29 is 8.95 Å². The van der Waals surface area contributed by atoms with E-state index in [9.17, 15) is 4.21 Å². The van der Waals surface area contributed by atoms with Gasteiger partial charge in [0.25, 0.3) is 0 Å². The highest BCUT2D eigenvalue weighted by Gasteiger charge is 2.08. The first-order valence-electron chi connectivity index (χ1n) is 5.92. The van der Waals surface area contributed by atoms with Gasteiger partial charge in [-0.05, 0) is 12.8 Å². The molecule has 1 rings (SSSR count). The molecule has 0 radical (unpaired) electrons. The van der Waals surface area contributed by atoms with Crippen molar-refractivity contribution in [2.24, 2.45) is 0 Å². The van der Waals surface area contributed by atoms with E-state index in [1.165, 1.54) is 6.33 Å². The molecule has 18 heavy (non-hydrogen) atoms. The lowest BCUT2D eigenvalue weighted by molar-refractivity contribution is 0.306. The number of nitrogens with zero attached hydrogens (tertiary/aromatic N) is 2. The zero-order valence-electron chi connectivity index (χ0n) is 10.8. The number of hydrogen-bond acceptors (Lipinski definition) is 6. The van der Waals surface area contributed by atoms with Crippen LogP contribution in [0.3, 0.4) is 0 Å². The monoisotopic (exact) mass is 272 g/mol. The molecule has 0 amide bonds. The van der Waals surface area contributed by atoms with Crippen molar-refractivity contribution in [2.45, 2.75) is 19.8 Å². The lowest BCUT2D eigenvalue weighted by atomic mass is 10.4. The molecule has 0 saturated heterocycles. The molecule has 6 nitrogen and oxygen atoms in total. The maximum atomic E-state index is 10.9. The first-order valence-corrected chi connectivity index (χ1v) is 7.65. The van der Waals surface area contributed by atoms with Crippen LogP contribution in [-0.2, 0) is 10.8 Å². The van der Waals surface area contributed by atoms with E-state index in [2.05, 4.69) is 15.3 Å². The average Bonchev–Trinajstić information content (AvgIpc) is 2.34. The molecule has 0 aliphatic heterocycles. The fourth-order valence-electron chi connectivity index (χ4n) is 1.32. The van der Waals surface area contributed by atoms with Crippen molar-refractivity contribution in [3.05, 3.63) is 6.33 Å². The van der Waals surface area contributed by atoms with Gasteiger partial charge in [0.1, 0.15) is 12.0 Å². The molecule has 1 aromatic heterocycles. The molecular formula is C11H20N4O2S. The van der Waals surface area contributed by atoms with E-state index in [-0.39, 0.29) is 0 Å². The van der Waals surface area contributed by atoms with E-state index in [0.29, 0.717) is 36.3 Å². The molecule has 0 saturated carbocycles. The molecule has 102 valence electrons. The largest absolute Gasteiger partial charge is 0.476 e. The maximum Gasteiger partial charge on any atom is 0.242 e. The number of nitrogens with two attached hydrogens (primary N) is 1. The number of ether oxygens (including phenoxy) is 1. The van der Waals surface area contributed by atoms with Gasteiger partial charge in [-0.25, -0.2) is 4.98 Å². The summed E-state index contributed by atoms with van der Waals surface area (Å²) in [5.74, 6) is 1.64. The van der Waals surface area contributed by atoms with E-state index >= 15 is 0 Å². The minimum absolute atomic E-state index is 0.411. The van der Waals surface area contributed by atoms with Gasteiger partial charge in [0.05, 0.1) is 6.61 Å². The second-order valence-corrected chi connectivity index (χ2v) is 5.40. The van der Waals surface area contributed by atoms with Crippen molar-refractivity contribution in [1.29, 1.82) is 0 Å². The lowest BCUT2D eigenvalue weighted by Gasteiger charge is -2.11. The Bertz CT molecular complexity index is 401. The zero-order chi connectivity index (χ0) is 13.4. The smallest absolute Gasteiger partial charge is 0.242 e. The normalized spacial score (nSPS) is 12.1. The molecule has 7 heteroatoms. The zero-order valence-corrected chi connectivity index (χ0v) is 11.6. The molecule has 1 atom stereocenters. The highest BCUT2D eigenvalue weighted by Crippen LogP contribution is 2.24. The summed E-state index contributed by atoms with van der Waals surface area (Å²) in [6.45, 7) is 3.27. The summed E-state index contributed by atoms with van der Waals surface area (Å²) in [6, 6.07) is 0. The molecule has 0 fully saturated rings. The molecule has 0 bridgehead atoms. The summed E-state index contributed by atoms with van der Waals surface area (Å²) in [5.41, 5.74) is 6.31. The number of nitrogen functional groups attached to an aromatic ring is 1. The van der Waals surface area contributed by atoms with Gasteiger partial charge < -0.3 is 15.8 Å². The van der Waals surface area contributed by atoms with E-state index in [0.717, 1.165) is 12.8 Å². The molecule has 0 aliphatic carbocycles. The predicted octanol–water partition coefficient (Wildman–Crippen LogP) is 1.03. The van der Waals surface area contributed by atoms with Crippen LogP contribution >= 0.6 is 0 Å². The molecule has 0 spiro atoms. The Morgan fingerprint density at radius 2 is 2.28 bits per heavy atom. The Kier molecular flexibility index (Phi) is 6.42. The van der Waals surface area contributed by atoms with Crippen LogP contribution in [0, 0.1) is 0 Å². The average molecular weight is 272 g/mol. The second kappa shape index (κ2) is 7.86. The van der Waals surface area contributed by atoms with Crippen LogP contribution in [0.25, 0.3) is 0 Å². The summed E-state index contributed by atoms with van der Waals surface area (Å²) in [6.07, 6.45) is 4.81. The summed E-state index contributed by atoms with van der Waals surface area (Å²) >= 11 is 0. The number of rotatable bonds is 8. The molecule has 1 aromatic rings. The van der Waals surface area contributed by atoms with Gasteiger partial charge in [-0.15, -0.1) is 0 Å². The van der Waals surface area contributed by atoms with Crippen molar-refractivity contribution in [3.8, 4) is 5.88 Å². The quantitative estimate of drug-likeness (QED) is 0.687. The molecule has 1 heterocycles. The van der Waals surface area contributed by atoms with Crippen LogP contribution in [0.4, 0.5) is 11.5 Å². The number of nitrogens with one attached hydrogen (secondary N) is 1. The second-order valence-electron chi connectivity index (χ2n) is 3.85. The van der Waals surface area contributed by atoms with E-state index in [4.69, 9.17) is 10.5 Å². The van der Waals surface area contributed by atoms with Gasteiger partial charge in [0.15, 0.2) is 5.82 Å². The number of anilines is 2. The van der Waals surface area contributed by atoms with Crippen LogP contribution < -0.4 is 15.8 Å². The Hall–Kier alpha value is -1.37. The van der Waals surface area contributed by atoms with Gasteiger partial charge >= 0.3 is 0 Å². The molecule has 0 aliphatic rings. The highest BCUT2D eigenvalue weighted by molar-refractivity contribution is 7.84. The Morgan fingerprint density at radius 3 is 2.94 bits per heavy atom. The summed E-state index contributed by atoms with van der Waals surface area (Å²) < 4.78 is 16.3. The van der Waals surface area contributed by atoms with Crippen molar-refractivity contribution >= 4 is 22.3 Å². The molecular weight excluding hydrogens is 252 g/mol. The van der Waals surface area contributed by atoms with Crippen LogP contribution in [0.5, 0.6) is 5.88 Å². The van der Waals surface area contributed by atoms with E-state index in [1.54, 1.807) is 6.26 Å². The SMILES string of the molecule is CCCOc1ncnc(NCCCS(C)=O)c1N. The number of aromatic nitrogens is 2. The van der Waals surface area contributed by atoms with Gasteiger partial charge in [-0.3, -0.25) is 4.21 Å². The third-order valence-corrected chi connectivity index (χ3v) is 3.05. The van der Waals surface area contributed by atoms with Crippen LogP contribution in [0.15, 0.2) is 6.33 Å². The minimum atomic E-state index is -0.766. The van der Waals surface area contributed by atoms with Crippen LogP contribution in [0.2, 0.25) is 0 Å². The first-order chi connectivity index (χ1) is 8.65. The van der Waals surface area contributed by atoms with Gasteiger partial charge in [0.2, 0.25) is 5.88 Å². The van der Waals surface area contributed by atoms with E-state index in [1.807, 2.05) is 6.92 Å². The molecule has 3 N–H and O–H groups in total. The van der Waals surface area contributed by atoms with E-state index < -0.39 is 10.8 Å². The van der Waals surface area contributed by atoms with Crippen LogP contribution in [0.1, 0.15) is 19.8 Å². The minimum Gasteiger partial charge on any atom is -0.476 e. The summed E-state index contributed by atoms with van der Waals surface area (Å²) in [4.78, 5) is 8.05. The third-order valence-electron chi connectivity index (χ3n) is 2.19. The summed E-state index contributed by atoms with van der Waals surface area (Å²) in [5, 5.41) is 3.09. The Morgan fingerprint density at radius 1 is 1.50 bits per heavy atom. The predicted molar refractivity (Wildman–Crippen MR) is 74.3 cm³/mol. The van der Waals surface area contributed by atoms with Gasteiger partial charge in [-0.2, -0.15) is 4.98 Å².